The number of esters is 1. The van der Waals surface area contributed by atoms with Crippen LogP contribution in [0, 0.1) is 5.41 Å². The summed E-state index contributed by atoms with van der Waals surface area (Å²) in [6.45, 7) is 6.11. The summed E-state index contributed by atoms with van der Waals surface area (Å²) in [6, 6.07) is 4.14. The highest BCUT2D eigenvalue weighted by Gasteiger charge is 2.36. The van der Waals surface area contributed by atoms with Crippen LogP contribution in [0.4, 0.5) is 5.69 Å². The minimum Gasteiger partial charge on any atom is -0.462 e. The fraction of sp³-hybridized carbons (Fsp3) is 0.579. The van der Waals surface area contributed by atoms with Crippen LogP contribution in [0.15, 0.2) is 24.5 Å². The quantitative estimate of drug-likeness (QED) is 0.802. The van der Waals surface area contributed by atoms with Gasteiger partial charge in [0.1, 0.15) is 5.56 Å². The second kappa shape index (κ2) is 6.67. The van der Waals surface area contributed by atoms with Crippen LogP contribution in [0.25, 0.3) is 5.52 Å². The Morgan fingerprint density at radius 1 is 1.28 bits per heavy atom. The van der Waals surface area contributed by atoms with E-state index in [-0.39, 0.29) is 5.97 Å². The van der Waals surface area contributed by atoms with Crippen LogP contribution in [-0.4, -0.2) is 48.5 Å². The predicted octanol–water partition coefficient (Wildman–Crippen LogP) is 2.91. The van der Waals surface area contributed by atoms with Crippen molar-refractivity contribution in [2.45, 2.75) is 32.6 Å². The highest BCUT2D eigenvalue weighted by molar-refractivity contribution is 5.97. The third-order valence-electron chi connectivity index (χ3n) is 5.74. The molecule has 0 N–H and O–H groups in total. The molecule has 2 aromatic rings. The van der Waals surface area contributed by atoms with Gasteiger partial charge in [-0.2, -0.15) is 5.10 Å². The van der Waals surface area contributed by atoms with E-state index in [1.54, 1.807) is 10.7 Å². The number of carbonyl (C=O) groups is 1. The minimum absolute atomic E-state index is 0.311. The second-order valence-electron chi connectivity index (χ2n) is 7.09. The van der Waals surface area contributed by atoms with Gasteiger partial charge >= 0.3 is 5.97 Å². The fourth-order valence-electron chi connectivity index (χ4n) is 4.08. The molecule has 0 bridgehead atoms. The highest BCUT2D eigenvalue weighted by atomic mass is 16.5. The molecule has 0 unspecified atom stereocenters. The van der Waals surface area contributed by atoms with Gasteiger partial charge in [0, 0.05) is 38.2 Å². The average Bonchev–Trinajstić information content (AvgIpc) is 3.06. The van der Waals surface area contributed by atoms with Crippen LogP contribution in [0.2, 0.25) is 0 Å². The SMILES string of the molecule is CCOC(=O)c1cnn2ccc(N3CCC4(CCOCC4)CC3)cc12. The van der Waals surface area contributed by atoms with E-state index in [9.17, 15) is 4.79 Å². The fourth-order valence-corrected chi connectivity index (χ4v) is 4.08. The molecule has 1 spiro atoms. The smallest absolute Gasteiger partial charge is 0.341 e. The lowest BCUT2D eigenvalue weighted by Gasteiger charge is -2.44. The molecule has 0 radical (unpaired) electrons. The Balaban J connectivity index is 1.54. The van der Waals surface area contributed by atoms with Crippen LogP contribution in [0.1, 0.15) is 43.0 Å². The standard InChI is InChI=1S/C19H25N3O3/c1-2-25-18(23)16-14-20-22-8-3-15(13-17(16)22)21-9-4-19(5-10-21)6-11-24-12-7-19/h3,8,13-14H,2,4-7,9-12H2,1H3. The number of pyridine rings is 1. The maximum absolute atomic E-state index is 12.1. The van der Waals surface area contributed by atoms with Crippen molar-refractivity contribution in [2.24, 2.45) is 5.41 Å². The summed E-state index contributed by atoms with van der Waals surface area (Å²) < 4.78 is 12.4. The van der Waals surface area contributed by atoms with Crippen molar-refractivity contribution in [3.63, 3.8) is 0 Å². The first-order chi connectivity index (χ1) is 12.2. The molecule has 2 fully saturated rings. The number of fused-ring (bicyclic) bond motifs is 1. The minimum atomic E-state index is -0.311. The summed E-state index contributed by atoms with van der Waals surface area (Å²) in [4.78, 5) is 14.5. The molecule has 0 atom stereocenters. The van der Waals surface area contributed by atoms with E-state index in [4.69, 9.17) is 9.47 Å². The average molecular weight is 343 g/mol. The summed E-state index contributed by atoms with van der Waals surface area (Å²) in [5, 5.41) is 4.26. The van der Waals surface area contributed by atoms with Crippen molar-refractivity contribution in [3.05, 3.63) is 30.1 Å². The second-order valence-corrected chi connectivity index (χ2v) is 7.09. The predicted molar refractivity (Wildman–Crippen MR) is 95.1 cm³/mol. The molecular weight excluding hydrogens is 318 g/mol. The molecular formula is C19H25N3O3. The van der Waals surface area contributed by atoms with E-state index in [0.29, 0.717) is 17.6 Å². The summed E-state index contributed by atoms with van der Waals surface area (Å²) in [7, 11) is 0. The molecule has 134 valence electrons. The van der Waals surface area contributed by atoms with Gasteiger partial charge in [-0.25, -0.2) is 9.31 Å². The number of aromatic nitrogens is 2. The van der Waals surface area contributed by atoms with Crippen molar-refractivity contribution >= 4 is 17.2 Å². The normalized spacial score (nSPS) is 20.1. The number of nitrogens with zero attached hydrogens (tertiary/aromatic N) is 3. The molecule has 2 aliphatic rings. The molecule has 25 heavy (non-hydrogen) atoms. The van der Waals surface area contributed by atoms with E-state index in [1.807, 2.05) is 13.1 Å². The molecule has 2 saturated heterocycles. The molecule has 4 rings (SSSR count). The van der Waals surface area contributed by atoms with Crippen LogP contribution >= 0.6 is 0 Å². The number of rotatable bonds is 3. The summed E-state index contributed by atoms with van der Waals surface area (Å²) in [6.07, 6.45) is 8.32. The van der Waals surface area contributed by atoms with Gasteiger partial charge in [0.2, 0.25) is 0 Å². The number of anilines is 1. The third kappa shape index (κ3) is 3.11. The Morgan fingerprint density at radius 3 is 2.76 bits per heavy atom. The largest absolute Gasteiger partial charge is 0.462 e. The van der Waals surface area contributed by atoms with Gasteiger partial charge in [0.25, 0.3) is 0 Å². The zero-order valence-electron chi connectivity index (χ0n) is 14.7. The molecule has 6 nitrogen and oxygen atoms in total. The van der Waals surface area contributed by atoms with Gasteiger partial charge in [-0.15, -0.1) is 0 Å². The molecule has 0 aromatic carbocycles. The molecule has 0 amide bonds. The number of piperidine rings is 1. The first kappa shape index (κ1) is 16.4. The summed E-state index contributed by atoms with van der Waals surface area (Å²) in [5.41, 5.74) is 2.97. The third-order valence-corrected chi connectivity index (χ3v) is 5.74. The highest BCUT2D eigenvalue weighted by Crippen LogP contribution is 2.41. The van der Waals surface area contributed by atoms with Gasteiger partial charge in [0.15, 0.2) is 0 Å². The van der Waals surface area contributed by atoms with Crippen molar-refractivity contribution in [3.8, 4) is 0 Å². The van der Waals surface area contributed by atoms with Crippen molar-refractivity contribution in [1.29, 1.82) is 0 Å². The van der Waals surface area contributed by atoms with Crippen molar-refractivity contribution < 1.29 is 14.3 Å². The molecule has 4 heterocycles. The van der Waals surface area contributed by atoms with Gasteiger partial charge < -0.3 is 14.4 Å². The molecule has 2 aliphatic heterocycles. The lowest BCUT2D eigenvalue weighted by atomic mass is 9.72. The van der Waals surface area contributed by atoms with Crippen molar-refractivity contribution in [1.82, 2.24) is 9.61 Å². The molecule has 2 aromatic heterocycles. The summed E-state index contributed by atoms with van der Waals surface area (Å²) >= 11 is 0. The van der Waals surface area contributed by atoms with Gasteiger partial charge in [0.05, 0.1) is 18.3 Å². The van der Waals surface area contributed by atoms with E-state index < -0.39 is 0 Å². The Morgan fingerprint density at radius 2 is 2.04 bits per heavy atom. The van der Waals surface area contributed by atoms with Crippen LogP contribution in [-0.2, 0) is 9.47 Å². The number of hydrogen-bond donors (Lipinski definition) is 0. The molecule has 6 heteroatoms. The Hall–Kier alpha value is -2.08. The maximum atomic E-state index is 12.1. The summed E-state index contributed by atoms with van der Waals surface area (Å²) in [5.74, 6) is -0.311. The van der Waals surface area contributed by atoms with E-state index in [2.05, 4.69) is 22.1 Å². The van der Waals surface area contributed by atoms with E-state index >= 15 is 0 Å². The Kier molecular flexibility index (Phi) is 4.37. The number of carbonyl (C=O) groups excluding carboxylic acids is 1. The van der Waals surface area contributed by atoms with Crippen LogP contribution in [0.3, 0.4) is 0 Å². The lowest BCUT2D eigenvalue weighted by Crippen LogP contribution is -2.43. The lowest BCUT2D eigenvalue weighted by molar-refractivity contribution is 0.00212. The number of hydrogen-bond acceptors (Lipinski definition) is 5. The Labute approximate surface area is 147 Å². The van der Waals surface area contributed by atoms with E-state index in [1.165, 1.54) is 25.7 Å². The van der Waals surface area contributed by atoms with Crippen LogP contribution < -0.4 is 4.90 Å². The van der Waals surface area contributed by atoms with Crippen molar-refractivity contribution in [2.75, 3.05) is 37.8 Å². The zero-order valence-corrected chi connectivity index (χ0v) is 14.7. The van der Waals surface area contributed by atoms with Gasteiger partial charge in [-0.3, -0.25) is 0 Å². The first-order valence-corrected chi connectivity index (χ1v) is 9.18. The zero-order chi connectivity index (χ0) is 17.3. The van der Waals surface area contributed by atoms with Gasteiger partial charge in [-0.1, -0.05) is 0 Å². The van der Waals surface area contributed by atoms with E-state index in [0.717, 1.165) is 37.5 Å². The first-order valence-electron chi connectivity index (χ1n) is 9.18. The molecule has 0 saturated carbocycles. The van der Waals surface area contributed by atoms with Crippen LogP contribution in [0.5, 0.6) is 0 Å². The topological polar surface area (TPSA) is 56.1 Å². The number of ether oxygens (including phenoxy) is 2. The monoisotopic (exact) mass is 343 g/mol. The van der Waals surface area contributed by atoms with Gasteiger partial charge in [-0.05, 0) is 50.2 Å². The maximum Gasteiger partial charge on any atom is 0.341 e. The molecule has 0 aliphatic carbocycles. The Bertz CT molecular complexity index is 754.